The van der Waals surface area contributed by atoms with Crippen LogP contribution in [0.2, 0.25) is 5.54 Å². The Hall–Kier alpha value is -2.93. The predicted molar refractivity (Wildman–Crippen MR) is 134 cm³/mol. The van der Waals surface area contributed by atoms with E-state index in [0.717, 1.165) is 36.1 Å². The van der Waals surface area contributed by atoms with Crippen LogP contribution < -0.4 is 0 Å². The molecule has 0 N–H and O–H groups in total. The SMILES string of the molecule is C/C1=N\N=C(\c2ccccc2)O[Si]2(C3CCCCC3)OC(c3ccccc3)=NN2C(C)(C)C1. The maximum absolute atomic E-state index is 7.02. The minimum atomic E-state index is -3.09. The van der Waals surface area contributed by atoms with Crippen molar-refractivity contribution in [3.8, 4) is 0 Å². The van der Waals surface area contributed by atoms with E-state index in [0.29, 0.717) is 17.3 Å². The third-order valence-corrected chi connectivity index (χ3v) is 10.6. The first kappa shape index (κ1) is 21.9. The van der Waals surface area contributed by atoms with E-state index in [9.17, 15) is 0 Å². The van der Waals surface area contributed by atoms with Crippen LogP contribution in [0.25, 0.3) is 0 Å². The summed E-state index contributed by atoms with van der Waals surface area (Å²) >= 11 is 0. The van der Waals surface area contributed by atoms with Gasteiger partial charge in [0.25, 0.3) is 0 Å². The zero-order chi connectivity index (χ0) is 22.9. The van der Waals surface area contributed by atoms with Crippen molar-refractivity contribution in [1.82, 2.24) is 4.67 Å². The van der Waals surface area contributed by atoms with Gasteiger partial charge in [0.15, 0.2) is 0 Å². The summed E-state index contributed by atoms with van der Waals surface area (Å²) in [5.41, 5.74) is 2.81. The standard InChI is InChI=1S/C26H32N4O2Si/c1-20-19-26(2,3)30-29-25(22-15-9-5-10-16-22)32-33(30,23-17-11-6-12-18-23)31-24(28-27-20)21-13-7-4-8-14-21/h4-5,7-10,13-16,23H,6,11-12,17-19H2,1-3H3/b27-20+,28-24-. The van der Waals surface area contributed by atoms with Crippen LogP contribution >= 0.6 is 0 Å². The number of fused-ring (bicyclic) bond motifs is 1. The normalized spacial score (nSPS) is 28.5. The summed E-state index contributed by atoms with van der Waals surface area (Å²) < 4.78 is 16.2. The summed E-state index contributed by atoms with van der Waals surface area (Å²) in [5.74, 6) is 1.18. The second-order valence-corrected chi connectivity index (χ2v) is 12.8. The van der Waals surface area contributed by atoms with E-state index in [4.69, 9.17) is 14.0 Å². The highest BCUT2D eigenvalue weighted by Crippen LogP contribution is 2.47. The van der Waals surface area contributed by atoms with Gasteiger partial charge in [-0.15, -0.1) is 10.2 Å². The van der Waals surface area contributed by atoms with Gasteiger partial charge in [0, 0.05) is 28.8 Å². The third kappa shape index (κ3) is 4.22. The van der Waals surface area contributed by atoms with Crippen molar-refractivity contribution in [3.05, 3.63) is 71.8 Å². The molecule has 33 heavy (non-hydrogen) atoms. The molecule has 0 aromatic heterocycles. The van der Waals surface area contributed by atoms with E-state index in [1.54, 1.807) is 0 Å². The molecule has 3 aliphatic rings. The molecule has 2 aromatic rings. The lowest BCUT2D eigenvalue weighted by atomic mass is 9.99. The lowest BCUT2D eigenvalue weighted by Gasteiger charge is -2.45. The fourth-order valence-corrected chi connectivity index (χ4v) is 9.27. The first-order valence-corrected chi connectivity index (χ1v) is 13.8. The van der Waals surface area contributed by atoms with E-state index in [1.165, 1.54) is 19.3 Å². The van der Waals surface area contributed by atoms with Gasteiger partial charge in [-0.05, 0) is 57.9 Å². The van der Waals surface area contributed by atoms with E-state index < -0.39 is 8.72 Å². The Balaban J connectivity index is 1.66. The van der Waals surface area contributed by atoms with Crippen LogP contribution in [0, 0.1) is 0 Å². The van der Waals surface area contributed by atoms with Crippen LogP contribution in [-0.2, 0) is 8.85 Å². The Morgan fingerprint density at radius 1 is 0.818 bits per heavy atom. The second-order valence-electron chi connectivity index (χ2n) is 9.85. The fourth-order valence-electron chi connectivity index (χ4n) is 5.21. The summed E-state index contributed by atoms with van der Waals surface area (Å²) in [7, 11) is -3.09. The quantitative estimate of drug-likeness (QED) is 0.530. The highest BCUT2D eigenvalue weighted by atomic mass is 28.4. The molecule has 6 nitrogen and oxygen atoms in total. The number of hydrogen-bond acceptors (Lipinski definition) is 6. The summed E-state index contributed by atoms with van der Waals surface area (Å²) in [6, 6.07) is 20.2. The van der Waals surface area contributed by atoms with E-state index >= 15 is 0 Å². The largest absolute Gasteiger partial charge is 0.610 e. The molecule has 1 unspecified atom stereocenters. The molecule has 0 amide bonds. The molecule has 2 aromatic carbocycles. The van der Waals surface area contributed by atoms with Gasteiger partial charge in [0.2, 0.25) is 11.8 Å². The number of benzene rings is 2. The molecule has 172 valence electrons. The van der Waals surface area contributed by atoms with Crippen molar-refractivity contribution in [1.29, 1.82) is 0 Å². The molecule has 1 fully saturated rings. The van der Waals surface area contributed by atoms with Gasteiger partial charge >= 0.3 is 8.72 Å². The fraction of sp³-hybridized carbons (Fsp3) is 0.423. The van der Waals surface area contributed by atoms with Gasteiger partial charge in [0.05, 0.1) is 5.54 Å². The molecule has 5 rings (SSSR count). The van der Waals surface area contributed by atoms with Crippen LogP contribution in [-0.4, -0.2) is 36.4 Å². The lowest BCUT2D eigenvalue weighted by Crippen LogP contribution is -2.64. The Morgan fingerprint density at radius 2 is 1.39 bits per heavy atom. The zero-order valence-corrected chi connectivity index (χ0v) is 20.7. The van der Waals surface area contributed by atoms with Crippen LogP contribution in [0.3, 0.4) is 0 Å². The highest BCUT2D eigenvalue weighted by molar-refractivity contribution is 6.71. The Kier molecular flexibility index (Phi) is 5.82. The molecule has 2 aliphatic heterocycles. The van der Waals surface area contributed by atoms with Crippen molar-refractivity contribution in [2.45, 2.75) is 70.4 Å². The molecule has 0 saturated heterocycles. The van der Waals surface area contributed by atoms with Crippen LogP contribution in [0.5, 0.6) is 0 Å². The number of hydrazone groups is 1. The Labute approximate surface area is 197 Å². The summed E-state index contributed by atoms with van der Waals surface area (Å²) in [6.45, 7) is 6.46. The first-order valence-electron chi connectivity index (χ1n) is 12.0. The van der Waals surface area contributed by atoms with Crippen LogP contribution in [0.4, 0.5) is 0 Å². The zero-order valence-electron chi connectivity index (χ0n) is 19.7. The van der Waals surface area contributed by atoms with Gasteiger partial charge in [-0.25, -0.2) is 4.67 Å². The molecule has 7 heteroatoms. The van der Waals surface area contributed by atoms with Gasteiger partial charge in [-0.3, -0.25) is 0 Å². The van der Waals surface area contributed by atoms with Gasteiger partial charge < -0.3 is 8.85 Å². The highest BCUT2D eigenvalue weighted by Gasteiger charge is 2.65. The first-order chi connectivity index (χ1) is 16.0. The topological polar surface area (TPSA) is 58.8 Å². The molecule has 0 bridgehead atoms. The monoisotopic (exact) mass is 460 g/mol. The van der Waals surface area contributed by atoms with Crippen LogP contribution in [0.15, 0.2) is 76.0 Å². The molecule has 1 aliphatic carbocycles. The molecular formula is C26H32N4O2Si. The van der Waals surface area contributed by atoms with Crippen molar-refractivity contribution >= 4 is 26.2 Å². The minimum Gasteiger partial charge on any atom is -0.479 e. The molecule has 2 heterocycles. The van der Waals surface area contributed by atoms with Crippen LogP contribution in [0.1, 0.15) is 70.4 Å². The maximum Gasteiger partial charge on any atom is 0.610 e. The van der Waals surface area contributed by atoms with Crippen molar-refractivity contribution in [2.75, 3.05) is 0 Å². The Morgan fingerprint density at radius 3 is 2.03 bits per heavy atom. The number of nitrogens with zero attached hydrogens (tertiary/aromatic N) is 4. The predicted octanol–water partition coefficient (Wildman–Crippen LogP) is 5.98. The van der Waals surface area contributed by atoms with Crippen molar-refractivity contribution in [3.63, 3.8) is 0 Å². The van der Waals surface area contributed by atoms with Gasteiger partial charge in [-0.1, -0.05) is 55.7 Å². The molecule has 0 radical (unpaired) electrons. The average Bonchev–Trinajstić information content (AvgIpc) is 3.25. The summed E-state index contributed by atoms with van der Waals surface area (Å²) in [4.78, 5) is 0. The smallest absolute Gasteiger partial charge is 0.479 e. The van der Waals surface area contributed by atoms with E-state index in [1.807, 2.05) is 55.5 Å². The van der Waals surface area contributed by atoms with Crippen molar-refractivity contribution in [2.24, 2.45) is 15.3 Å². The average molecular weight is 461 g/mol. The summed E-state index contributed by atoms with van der Waals surface area (Å²) in [5, 5.41) is 14.3. The summed E-state index contributed by atoms with van der Waals surface area (Å²) in [6.07, 6.45) is 6.54. The molecular weight excluding hydrogens is 428 g/mol. The number of rotatable bonds is 3. The van der Waals surface area contributed by atoms with E-state index in [2.05, 4.69) is 40.9 Å². The maximum atomic E-state index is 7.02. The second kappa shape index (κ2) is 8.78. The Bertz CT molecular complexity index is 1080. The van der Waals surface area contributed by atoms with E-state index in [-0.39, 0.29) is 5.54 Å². The van der Waals surface area contributed by atoms with Gasteiger partial charge in [0.1, 0.15) is 0 Å². The molecule has 1 saturated carbocycles. The third-order valence-electron chi connectivity index (χ3n) is 6.71. The molecule has 0 spiro atoms. The molecule has 1 atom stereocenters. The number of hydrogen-bond donors (Lipinski definition) is 0. The van der Waals surface area contributed by atoms with Crippen molar-refractivity contribution < 1.29 is 8.85 Å². The lowest BCUT2D eigenvalue weighted by molar-refractivity contribution is 0.160. The van der Waals surface area contributed by atoms with Gasteiger partial charge in [-0.2, -0.15) is 5.10 Å². The minimum absolute atomic E-state index is 0.294.